The molecule has 0 N–H and O–H groups in total. The predicted molar refractivity (Wildman–Crippen MR) is 85.9 cm³/mol. The monoisotopic (exact) mass is 296 g/mol. The van der Waals surface area contributed by atoms with Crippen LogP contribution in [0.5, 0.6) is 0 Å². The van der Waals surface area contributed by atoms with E-state index in [0.717, 1.165) is 24.4 Å². The van der Waals surface area contributed by atoms with Crippen molar-refractivity contribution in [3.63, 3.8) is 0 Å². The first kappa shape index (κ1) is 15.1. The van der Waals surface area contributed by atoms with E-state index in [9.17, 15) is 4.79 Å². The van der Waals surface area contributed by atoms with E-state index < -0.39 is 0 Å². The lowest BCUT2D eigenvalue weighted by molar-refractivity contribution is -0.139. The number of nitriles is 1. The number of hydrogen-bond donors (Lipinski definition) is 0. The maximum Gasteiger partial charge on any atom is 0.226 e. The standard InChI is InChI=1S/C19H24N2O/c1-3-21(13(2)16-7-4-14(12-20)5-8-16)19(22)18-11-15-6-9-17(18)10-15/h4-5,7-8,13,15,17-18H,3,6,9-11H2,1-2H3. The fourth-order valence-electron chi connectivity index (χ4n) is 4.40. The molecule has 2 aliphatic rings. The molecule has 0 spiro atoms. The summed E-state index contributed by atoms with van der Waals surface area (Å²) in [5.41, 5.74) is 1.77. The number of rotatable bonds is 4. The molecule has 0 aromatic heterocycles. The van der Waals surface area contributed by atoms with E-state index in [-0.39, 0.29) is 12.0 Å². The number of carbonyl (C=O) groups excluding carboxylic acids is 1. The van der Waals surface area contributed by atoms with E-state index >= 15 is 0 Å². The summed E-state index contributed by atoms with van der Waals surface area (Å²) in [6.45, 7) is 4.90. The third-order valence-electron chi connectivity index (χ3n) is 5.67. The van der Waals surface area contributed by atoms with Crippen LogP contribution in [0.2, 0.25) is 0 Å². The topological polar surface area (TPSA) is 44.1 Å². The van der Waals surface area contributed by atoms with Gasteiger partial charge in [-0.25, -0.2) is 0 Å². The molecule has 2 bridgehead atoms. The Bertz CT molecular complexity index is 586. The van der Waals surface area contributed by atoms with Crippen molar-refractivity contribution in [2.24, 2.45) is 17.8 Å². The SMILES string of the molecule is CCN(C(=O)C1CC2CCC1C2)C(C)c1ccc(C#N)cc1. The van der Waals surface area contributed by atoms with Crippen LogP contribution in [0.3, 0.4) is 0 Å². The Morgan fingerprint density at radius 1 is 1.32 bits per heavy atom. The predicted octanol–water partition coefficient (Wildman–Crippen LogP) is 3.90. The highest BCUT2D eigenvalue weighted by Gasteiger charge is 2.44. The summed E-state index contributed by atoms with van der Waals surface area (Å²) in [6, 6.07) is 9.83. The van der Waals surface area contributed by atoms with Crippen molar-refractivity contribution in [3.05, 3.63) is 35.4 Å². The molecule has 2 saturated carbocycles. The van der Waals surface area contributed by atoms with Crippen LogP contribution in [0.4, 0.5) is 0 Å². The number of nitrogens with zero attached hydrogens (tertiary/aromatic N) is 2. The van der Waals surface area contributed by atoms with Crippen molar-refractivity contribution in [1.82, 2.24) is 4.90 Å². The van der Waals surface area contributed by atoms with Gasteiger partial charge in [0.15, 0.2) is 0 Å². The van der Waals surface area contributed by atoms with Gasteiger partial charge in [-0.3, -0.25) is 4.79 Å². The second-order valence-corrected chi connectivity index (χ2v) is 6.82. The lowest BCUT2D eigenvalue weighted by Crippen LogP contribution is -2.39. The van der Waals surface area contributed by atoms with Crippen molar-refractivity contribution in [2.75, 3.05) is 6.54 Å². The van der Waals surface area contributed by atoms with Gasteiger partial charge in [0, 0.05) is 12.5 Å². The van der Waals surface area contributed by atoms with E-state index in [1.165, 1.54) is 19.3 Å². The minimum atomic E-state index is 0.0735. The lowest BCUT2D eigenvalue weighted by atomic mass is 9.87. The summed E-state index contributed by atoms with van der Waals surface area (Å²) < 4.78 is 0. The second-order valence-electron chi connectivity index (χ2n) is 6.82. The van der Waals surface area contributed by atoms with Crippen molar-refractivity contribution in [3.8, 4) is 6.07 Å². The van der Waals surface area contributed by atoms with Crippen molar-refractivity contribution in [2.45, 2.75) is 45.6 Å². The van der Waals surface area contributed by atoms with Gasteiger partial charge in [0.2, 0.25) is 5.91 Å². The quantitative estimate of drug-likeness (QED) is 0.845. The van der Waals surface area contributed by atoms with Crippen molar-refractivity contribution in [1.29, 1.82) is 5.26 Å². The molecule has 2 fully saturated rings. The Balaban J connectivity index is 1.74. The van der Waals surface area contributed by atoms with E-state index in [2.05, 4.69) is 19.9 Å². The molecule has 3 rings (SSSR count). The van der Waals surface area contributed by atoms with Crippen LogP contribution in [0.1, 0.15) is 56.7 Å². The Labute approximate surface area is 132 Å². The normalized spacial score (nSPS) is 27.4. The number of hydrogen-bond acceptors (Lipinski definition) is 2. The average Bonchev–Trinajstić information content (AvgIpc) is 3.18. The van der Waals surface area contributed by atoms with E-state index in [1.807, 2.05) is 29.2 Å². The summed E-state index contributed by atoms with van der Waals surface area (Å²) in [6.07, 6.45) is 4.93. The highest BCUT2D eigenvalue weighted by molar-refractivity contribution is 5.80. The summed E-state index contributed by atoms with van der Waals surface area (Å²) >= 11 is 0. The molecule has 0 aliphatic heterocycles. The summed E-state index contributed by atoms with van der Waals surface area (Å²) in [5, 5.41) is 8.90. The van der Waals surface area contributed by atoms with Gasteiger partial charge in [0.25, 0.3) is 0 Å². The third-order valence-corrected chi connectivity index (χ3v) is 5.67. The van der Waals surface area contributed by atoms with Gasteiger partial charge >= 0.3 is 0 Å². The number of fused-ring (bicyclic) bond motifs is 2. The Kier molecular flexibility index (Phi) is 4.20. The van der Waals surface area contributed by atoms with E-state index in [1.54, 1.807) is 0 Å². The van der Waals surface area contributed by atoms with Crippen LogP contribution < -0.4 is 0 Å². The minimum absolute atomic E-state index is 0.0735. The smallest absolute Gasteiger partial charge is 0.226 e. The second kappa shape index (κ2) is 6.12. The molecule has 1 aromatic rings. The molecule has 0 saturated heterocycles. The van der Waals surface area contributed by atoms with Gasteiger partial charge in [-0.15, -0.1) is 0 Å². The minimum Gasteiger partial charge on any atom is -0.336 e. The first-order valence-corrected chi connectivity index (χ1v) is 8.44. The number of carbonyl (C=O) groups is 1. The molecular weight excluding hydrogens is 272 g/mol. The van der Waals surface area contributed by atoms with Crippen LogP contribution in [0, 0.1) is 29.1 Å². The van der Waals surface area contributed by atoms with Crippen molar-refractivity contribution >= 4 is 5.91 Å². The Hall–Kier alpha value is -1.82. The first-order valence-electron chi connectivity index (χ1n) is 8.44. The van der Waals surface area contributed by atoms with Gasteiger partial charge in [0.1, 0.15) is 0 Å². The molecule has 116 valence electrons. The van der Waals surface area contributed by atoms with Crippen LogP contribution in [-0.4, -0.2) is 17.4 Å². The first-order chi connectivity index (χ1) is 10.6. The summed E-state index contributed by atoms with van der Waals surface area (Å²) in [5.74, 6) is 2.01. The molecule has 1 amide bonds. The molecule has 0 heterocycles. The van der Waals surface area contributed by atoms with Crippen LogP contribution in [0.25, 0.3) is 0 Å². The fourth-order valence-corrected chi connectivity index (χ4v) is 4.40. The molecule has 4 atom stereocenters. The highest BCUT2D eigenvalue weighted by atomic mass is 16.2. The largest absolute Gasteiger partial charge is 0.336 e. The van der Waals surface area contributed by atoms with Crippen LogP contribution >= 0.6 is 0 Å². The summed E-state index contributed by atoms with van der Waals surface area (Å²) in [4.78, 5) is 15.0. The third kappa shape index (κ3) is 2.63. The lowest BCUT2D eigenvalue weighted by Gasteiger charge is -2.33. The summed E-state index contributed by atoms with van der Waals surface area (Å²) in [7, 11) is 0. The zero-order valence-corrected chi connectivity index (χ0v) is 13.5. The van der Waals surface area contributed by atoms with Crippen LogP contribution in [0.15, 0.2) is 24.3 Å². The molecule has 3 nitrogen and oxygen atoms in total. The van der Waals surface area contributed by atoms with E-state index in [0.29, 0.717) is 17.4 Å². The van der Waals surface area contributed by atoms with Gasteiger partial charge in [-0.05, 0) is 62.6 Å². The molecule has 2 aliphatic carbocycles. The maximum absolute atomic E-state index is 13.0. The maximum atomic E-state index is 13.0. The number of amides is 1. The van der Waals surface area contributed by atoms with Gasteiger partial charge in [-0.1, -0.05) is 18.6 Å². The van der Waals surface area contributed by atoms with E-state index in [4.69, 9.17) is 5.26 Å². The Morgan fingerprint density at radius 3 is 2.55 bits per heavy atom. The zero-order valence-electron chi connectivity index (χ0n) is 13.5. The molecule has 3 heteroatoms. The van der Waals surface area contributed by atoms with Gasteiger partial charge in [0.05, 0.1) is 17.7 Å². The molecular formula is C19H24N2O. The highest BCUT2D eigenvalue weighted by Crippen LogP contribution is 2.49. The molecule has 4 unspecified atom stereocenters. The molecule has 0 radical (unpaired) electrons. The van der Waals surface area contributed by atoms with Gasteiger partial charge in [-0.2, -0.15) is 5.26 Å². The Morgan fingerprint density at radius 2 is 2.05 bits per heavy atom. The zero-order chi connectivity index (χ0) is 15.7. The fraction of sp³-hybridized carbons (Fsp3) is 0.579. The molecule has 22 heavy (non-hydrogen) atoms. The average molecular weight is 296 g/mol. The van der Waals surface area contributed by atoms with Gasteiger partial charge < -0.3 is 4.90 Å². The van der Waals surface area contributed by atoms with Crippen LogP contribution in [-0.2, 0) is 4.79 Å². The van der Waals surface area contributed by atoms with Crippen molar-refractivity contribution < 1.29 is 4.79 Å². The number of benzene rings is 1. The molecule has 1 aromatic carbocycles.